The molecule has 0 aromatic heterocycles. The van der Waals surface area contributed by atoms with Crippen LogP contribution in [0.5, 0.6) is 0 Å². The summed E-state index contributed by atoms with van der Waals surface area (Å²) in [7, 11) is 0. The lowest BCUT2D eigenvalue weighted by Crippen LogP contribution is -2.61. The van der Waals surface area contributed by atoms with Crippen LogP contribution >= 0.6 is 0 Å². The molecular weight excluding hydrogens is 406 g/mol. The molecule has 1 aromatic rings. The standard InChI is InChI=1S/C26H37NO5/c1-16(2)12-21(28)30-20-10-11-26(32-22(29)13-17(3)4)14-19(20)23(24-25(26)31-24)27-15-18-8-6-5-7-9-18/h5-9,16-17,19-20,23-25,27H,10-15H2,1-4H3/t19?,20-,23-,24+,25+,26-/m1/s1. The van der Waals surface area contributed by atoms with E-state index in [2.05, 4.69) is 17.4 Å². The Balaban J connectivity index is 1.50. The van der Waals surface area contributed by atoms with Crippen LogP contribution in [0.2, 0.25) is 0 Å². The van der Waals surface area contributed by atoms with E-state index in [4.69, 9.17) is 14.2 Å². The maximum atomic E-state index is 12.6. The first-order valence-corrected chi connectivity index (χ1v) is 12.1. The zero-order valence-electron chi connectivity index (χ0n) is 19.7. The van der Waals surface area contributed by atoms with Gasteiger partial charge >= 0.3 is 11.9 Å². The van der Waals surface area contributed by atoms with Crippen LogP contribution in [-0.4, -0.2) is 41.9 Å². The second-order valence-corrected chi connectivity index (χ2v) is 10.6. The normalized spacial score (nSPS) is 33.0. The number of rotatable bonds is 9. The highest BCUT2D eigenvalue weighted by Crippen LogP contribution is 2.55. The van der Waals surface area contributed by atoms with Crippen molar-refractivity contribution < 1.29 is 23.8 Å². The third-order valence-corrected chi connectivity index (χ3v) is 6.90. The molecule has 2 bridgehead atoms. The fraction of sp³-hybridized carbons (Fsp3) is 0.692. The van der Waals surface area contributed by atoms with Crippen LogP contribution in [0.15, 0.2) is 30.3 Å². The maximum absolute atomic E-state index is 12.6. The Hall–Kier alpha value is -1.92. The molecule has 2 saturated carbocycles. The van der Waals surface area contributed by atoms with Gasteiger partial charge in [-0.2, -0.15) is 0 Å². The number of hydrogen-bond acceptors (Lipinski definition) is 6. The molecule has 3 fully saturated rings. The third-order valence-electron chi connectivity index (χ3n) is 6.90. The number of esters is 2. The molecule has 32 heavy (non-hydrogen) atoms. The first kappa shape index (κ1) is 23.2. The Labute approximate surface area is 191 Å². The van der Waals surface area contributed by atoms with Gasteiger partial charge in [-0.3, -0.25) is 9.59 Å². The van der Waals surface area contributed by atoms with Gasteiger partial charge in [-0.25, -0.2) is 0 Å². The number of fused-ring (bicyclic) bond motifs is 4. The first-order chi connectivity index (χ1) is 15.3. The summed E-state index contributed by atoms with van der Waals surface area (Å²) in [5.74, 6) is 0.271. The molecule has 6 heteroatoms. The monoisotopic (exact) mass is 443 g/mol. The lowest BCUT2D eigenvalue weighted by Gasteiger charge is -2.48. The van der Waals surface area contributed by atoms with Crippen molar-refractivity contribution in [1.82, 2.24) is 5.32 Å². The number of nitrogens with one attached hydrogen (secondary N) is 1. The van der Waals surface area contributed by atoms with E-state index in [1.165, 1.54) is 5.56 Å². The summed E-state index contributed by atoms with van der Waals surface area (Å²) in [6, 6.07) is 10.3. The average Bonchev–Trinajstić information content (AvgIpc) is 3.51. The van der Waals surface area contributed by atoms with E-state index in [1.807, 2.05) is 45.9 Å². The highest BCUT2D eigenvalue weighted by Gasteiger charge is 2.68. The second-order valence-electron chi connectivity index (χ2n) is 10.6. The molecule has 1 aromatic carbocycles. The highest BCUT2D eigenvalue weighted by atomic mass is 16.6. The van der Waals surface area contributed by atoms with Gasteiger partial charge in [0, 0.05) is 31.3 Å². The SMILES string of the molecule is CC(C)CC(=O)O[C@@H]1CC[C@@]2(OC(=O)CC(C)C)CC1[C@@H](NCc1ccccc1)[C@@H]1O[C@@H]12. The topological polar surface area (TPSA) is 77.2 Å². The summed E-state index contributed by atoms with van der Waals surface area (Å²) in [4.78, 5) is 25.1. The summed E-state index contributed by atoms with van der Waals surface area (Å²) in [6.07, 6.45) is 2.60. The van der Waals surface area contributed by atoms with E-state index >= 15 is 0 Å². The van der Waals surface area contributed by atoms with Crippen LogP contribution < -0.4 is 5.32 Å². The summed E-state index contributed by atoms with van der Waals surface area (Å²) in [5, 5.41) is 3.67. The fourth-order valence-electron chi connectivity index (χ4n) is 5.46. The Morgan fingerprint density at radius 1 is 1.09 bits per heavy atom. The molecular formula is C26H37NO5. The number of benzene rings is 1. The minimum atomic E-state index is -0.590. The highest BCUT2D eigenvalue weighted by molar-refractivity contribution is 5.71. The van der Waals surface area contributed by atoms with Gasteiger partial charge in [0.1, 0.15) is 23.9 Å². The van der Waals surface area contributed by atoms with Crippen molar-refractivity contribution >= 4 is 11.9 Å². The number of carbonyl (C=O) groups is 2. The smallest absolute Gasteiger partial charge is 0.306 e. The zero-order valence-corrected chi connectivity index (χ0v) is 19.7. The van der Waals surface area contributed by atoms with Crippen LogP contribution in [0.4, 0.5) is 0 Å². The molecule has 1 N–H and O–H groups in total. The van der Waals surface area contributed by atoms with Crippen molar-refractivity contribution in [3.63, 3.8) is 0 Å². The van der Waals surface area contributed by atoms with Crippen LogP contribution in [0, 0.1) is 17.8 Å². The Morgan fingerprint density at radius 3 is 2.47 bits per heavy atom. The molecule has 6 nitrogen and oxygen atoms in total. The molecule has 0 radical (unpaired) electrons. The van der Waals surface area contributed by atoms with Crippen molar-refractivity contribution in [2.24, 2.45) is 17.8 Å². The van der Waals surface area contributed by atoms with E-state index < -0.39 is 5.60 Å². The molecule has 6 atom stereocenters. The lowest BCUT2D eigenvalue weighted by molar-refractivity contribution is -0.184. The number of hydrogen-bond donors (Lipinski definition) is 1. The molecule has 1 heterocycles. The van der Waals surface area contributed by atoms with E-state index in [9.17, 15) is 9.59 Å². The predicted molar refractivity (Wildman–Crippen MR) is 121 cm³/mol. The molecule has 1 saturated heterocycles. The van der Waals surface area contributed by atoms with Gasteiger partial charge < -0.3 is 19.5 Å². The summed E-state index contributed by atoms with van der Waals surface area (Å²) >= 11 is 0. The largest absolute Gasteiger partial charge is 0.462 e. The van der Waals surface area contributed by atoms with Gasteiger partial charge in [0.2, 0.25) is 0 Å². The lowest BCUT2D eigenvalue weighted by atomic mass is 9.65. The fourth-order valence-corrected chi connectivity index (χ4v) is 5.46. The summed E-state index contributed by atoms with van der Waals surface area (Å²) < 4.78 is 18.2. The van der Waals surface area contributed by atoms with Crippen molar-refractivity contribution in [3.8, 4) is 0 Å². The van der Waals surface area contributed by atoms with Gasteiger partial charge in [0.25, 0.3) is 0 Å². The Bertz CT molecular complexity index is 810. The van der Waals surface area contributed by atoms with Crippen molar-refractivity contribution in [2.45, 2.75) is 96.3 Å². The number of ether oxygens (including phenoxy) is 3. The summed E-state index contributed by atoms with van der Waals surface area (Å²) in [5.41, 5.74) is 0.613. The van der Waals surface area contributed by atoms with Gasteiger partial charge in [0.05, 0.1) is 0 Å². The minimum Gasteiger partial charge on any atom is -0.462 e. The van der Waals surface area contributed by atoms with E-state index in [1.54, 1.807) is 0 Å². The quantitative estimate of drug-likeness (QED) is 0.459. The zero-order chi connectivity index (χ0) is 22.9. The molecule has 0 amide bonds. The van der Waals surface area contributed by atoms with Gasteiger partial charge in [0.15, 0.2) is 0 Å². The van der Waals surface area contributed by atoms with Crippen molar-refractivity contribution in [2.75, 3.05) is 0 Å². The molecule has 176 valence electrons. The average molecular weight is 444 g/mol. The Kier molecular flexibility index (Phi) is 6.91. The first-order valence-electron chi connectivity index (χ1n) is 12.1. The molecule has 1 aliphatic heterocycles. The van der Waals surface area contributed by atoms with Gasteiger partial charge in [-0.1, -0.05) is 58.0 Å². The van der Waals surface area contributed by atoms with Crippen LogP contribution in [0.25, 0.3) is 0 Å². The molecule has 0 spiro atoms. The molecule has 4 rings (SSSR count). The number of carbonyl (C=O) groups excluding carboxylic acids is 2. The van der Waals surface area contributed by atoms with Gasteiger partial charge in [-0.05, 0) is 36.7 Å². The summed E-state index contributed by atoms with van der Waals surface area (Å²) in [6.45, 7) is 8.81. The Morgan fingerprint density at radius 2 is 1.78 bits per heavy atom. The van der Waals surface area contributed by atoms with Crippen molar-refractivity contribution in [3.05, 3.63) is 35.9 Å². The van der Waals surface area contributed by atoms with E-state index in [-0.39, 0.29) is 54.0 Å². The van der Waals surface area contributed by atoms with Crippen LogP contribution in [0.1, 0.15) is 65.4 Å². The third kappa shape index (κ3) is 5.18. The molecule has 2 aliphatic carbocycles. The van der Waals surface area contributed by atoms with Gasteiger partial charge in [-0.15, -0.1) is 0 Å². The van der Waals surface area contributed by atoms with Crippen LogP contribution in [0.3, 0.4) is 0 Å². The van der Waals surface area contributed by atoms with E-state index in [0.29, 0.717) is 32.1 Å². The second kappa shape index (κ2) is 9.52. The van der Waals surface area contributed by atoms with Crippen molar-refractivity contribution in [1.29, 1.82) is 0 Å². The maximum Gasteiger partial charge on any atom is 0.306 e. The molecule has 1 unspecified atom stereocenters. The minimum absolute atomic E-state index is 0.0177. The molecule has 3 aliphatic rings. The van der Waals surface area contributed by atoms with E-state index in [0.717, 1.165) is 6.54 Å². The van der Waals surface area contributed by atoms with Crippen LogP contribution in [-0.2, 0) is 30.3 Å². The predicted octanol–water partition coefficient (Wildman–Crippen LogP) is 4.01. The number of epoxide rings is 1.